The van der Waals surface area contributed by atoms with Crippen LogP contribution in [0.5, 0.6) is 0 Å². The van der Waals surface area contributed by atoms with E-state index < -0.39 is 6.43 Å². The van der Waals surface area contributed by atoms with E-state index in [1.54, 1.807) is 12.1 Å². The van der Waals surface area contributed by atoms with Gasteiger partial charge in [0.05, 0.1) is 17.1 Å². The van der Waals surface area contributed by atoms with Gasteiger partial charge in [0.1, 0.15) is 0 Å². The van der Waals surface area contributed by atoms with Crippen molar-refractivity contribution in [3.63, 3.8) is 0 Å². The van der Waals surface area contributed by atoms with Crippen molar-refractivity contribution in [2.45, 2.75) is 12.8 Å². The van der Waals surface area contributed by atoms with Crippen molar-refractivity contribution in [3.05, 3.63) is 29.0 Å². The summed E-state index contributed by atoms with van der Waals surface area (Å²) in [5.41, 5.74) is 0.254. The van der Waals surface area contributed by atoms with Crippen molar-refractivity contribution in [1.82, 2.24) is 4.98 Å². The number of alkyl halides is 2. The van der Waals surface area contributed by atoms with E-state index in [1.165, 1.54) is 6.20 Å². The molecule has 0 saturated heterocycles. The minimum atomic E-state index is -2.39. The van der Waals surface area contributed by atoms with Crippen LogP contribution in [-0.2, 0) is 6.42 Å². The van der Waals surface area contributed by atoms with Crippen LogP contribution >= 0.6 is 11.6 Å². The molecule has 0 fully saturated rings. The highest BCUT2D eigenvalue weighted by atomic mass is 35.5. The van der Waals surface area contributed by atoms with Crippen LogP contribution in [0.1, 0.15) is 5.69 Å². The third kappa shape index (κ3) is 2.42. The first kappa shape index (κ1) is 8.40. The molecule has 1 rings (SSSR count). The van der Waals surface area contributed by atoms with E-state index in [4.69, 9.17) is 11.6 Å². The molecule has 11 heavy (non-hydrogen) atoms. The van der Waals surface area contributed by atoms with Gasteiger partial charge in [0, 0.05) is 6.20 Å². The molecule has 0 aliphatic heterocycles. The Balaban J connectivity index is 2.78. The summed E-state index contributed by atoms with van der Waals surface area (Å²) in [5.74, 6) is 0. The van der Waals surface area contributed by atoms with Gasteiger partial charge in [-0.05, 0) is 12.1 Å². The molecular weight excluding hydrogens is 172 g/mol. The number of nitrogens with zero attached hydrogens (tertiary/aromatic N) is 1. The van der Waals surface area contributed by atoms with Crippen molar-refractivity contribution in [2.75, 3.05) is 0 Å². The largest absolute Gasteiger partial charge is 0.260 e. The third-order valence-electron chi connectivity index (χ3n) is 1.18. The monoisotopic (exact) mass is 177 g/mol. The van der Waals surface area contributed by atoms with Crippen LogP contribution < -0.4 is 0 Å². The molecule has 0 saturated carbocycles. The molecule has 1 aromatic heterocycles. The number of hydrogen-bond donors (Lipinski definition) is 0. The van der Waals surface area contributed by atoms with E-state index >= 15 is 0 Å². The molecule has 4 heteroatoms. The van der Waals surface area contributed by atoms with Crippen LogP contribution in [0.4, 0.5) is 8.78 Å². The molecule has 0 amide bonds. The summed E-state index contributed by atoms with van der Waals surface area (Å²) in [6.45, 7) is 0. The molecule has 0 aliphatic carbocycles. The molecule has 1 heterocycles. The molecule has 0 aliphatic rings. The summed E-state index contributed by atoms with van der Waals surface area (Å²) in [4.78, 5) is 3.71. The first-order valence-electron chi connectivity index (χ1n) is 3.07. The van der Waals surface area contributed by atoms with Gasteiger partial charge in [0.2, 0.25) is 6.43 Å². The molecule has 60 valence electrons. The Morgan fingerprint density at radius 2 is 2.27 bits per heavy atom. The Morgan fingerprint density at radius 1 is 1.55 bits per heavy atom. The van der Waals surface area contributed by atoms with E-state index in [0.717, 1.165) is 0 Å². The predicted octanol–water partition coefficient (Wildman–Crippen LogP) is 2.54. The van der Waals surface area contributed by atoms with E-state index in [2.05, 4.69) is 4.98 Å². The molecule has 0 radical (unpaired) electrons. The zero-order valence-corrected chi connectivity index (χ0v) is 6.35. The van der Waals surface area contributed by atoms with Gasteiger partial charge in [0.25, 0.3) is 0 Å². The van der Waals surface area contributed by atoms with Gasteiger partial charge in [0.15, 0.2) is 0 Å². The fourth-order valence-corrected chi connectivity index (χ4v) is 0.913. The topological polar surface area (TPSA) is 12.9 Å². The molecule has 0 atom stereocenters. The summed E-state index contributed by atoms with van der Waals surface area (Å²) in [7, 11) is 0. The second-order valence-corrected chi connectivity index (χ2v) is 2.43. The Bertz CT molecular complexity index is 240. The average Bonchev–Trinajstić information content (AvgIpc) is 1.93. The summed E-state index contributed by atoms with van der Waals surface area (Å²) < 4.78 is 23.6. The van der Waals surface area contributed by atoms with E-state index in [1.807, 2.05) is 0 Å². The molecule has 0 spiro atoms. The number of hydrogen-bond acceptors (Lipinski definition) is 1. The summed E-state index contributed by atoms with van der Waals surface area (Å²) >= 11 is 5.57. The second-order valence-electron chi connectivity index (χ2n) is 2.03. The van der Waals surface area contributed by atoms with Crippen LogP contribution in [0.15, 0.2) is 18.3 Å². The van der Waals surface area contributed by atoms with Crippen LogP contribution in [0.3, 0.4) is 0 Å². The fraction of sp³-hybridized carbons (Fsp3) is 0.286. The standard InChI is InChI=1S/C7H6ClF2N/c8-5-2-1-3-11-6(5)4-7(9)10/h1-3,7H,4H2. The van der Waals surface area contributed by atoms with Gasteiger partial charge in [-0.25, -0.2) is 8.78 Å². The van der Waals surface area contributed by atoms with Crippen molar-refractivity contribution in [1.29, 1.82) is 0 Å². The maximum absolute atomic E-state index is 11.8. The van der Waals surface area contributed by atoms with E-state index in [0.29, 0.717) is 5.02 Å². The molecule has 0 unspecified atom stereocenters. The lowest BCUT2D eigenvalue weighted by Crippen LogP contribution is -1.99. The van der Waals surface area contributed by atoms with Crippen LogP contribution in [0, 0.1) is 0 Å². The lowest BCUT2D eigenvalue weighted by molar-refractivity contribution is 0.148. The Labute approximate surface area is 68.0 Å². The van der Waals surface area contributed by atoms with Crippen molar-refractivity contribution < 1.29 is 8.78 Å². The quantitative estimate of drug-likeness (QED) is 0.677. The minimum absolute atomic E-state index is 0.254. The van der Waals surface area contributed by atoms with Crippen molar-refractivity contribution in [3.8, 4) is 0 Å². The first-order chi connectivity index (χ1) is 5.20. The lowest BCUT2D eigenvalue weighted by Gasteiger charge is -1.99. The average molecular weight is 178 g/mol. The second kappa shape index (κ2) is 3.62. The molecule has 1 aromatic rings. The van der Waals surface area contributed by atoms with Crippen molar-refractivity contribution >= 4 is 11.6 Å². The maximum atomic E-state index is 11.8. The molecule has 0 bridgehead atoms. The Hall–Kier alpha value is -0.700. The summed E-state index contributed by atoms with van der Waals surface area (Å²) in [6, 6.07) is 3.16. The highest BCUT2D eigenvalue weighted by Crippen LogP contribution is 2.15. The highest BCUT2D eigenvalue weighted by molar-refractivity contribution is 6.31. The van der Waals surface area contributed by atoms with E-state index in [-0.39, 0.29) is 12.1 Å². The van der Waals surface area contributed by atoms with Crippen LogP contribution in [0.2, 0.25) is 5.02 Å². The smallest absolute Gasteiger partial charge is 0.244 e. The highest BCUT2D eigenvalue weighted by Gasteiger charge is 2.07. The summed E-state index contributed by atoms with van der Waals surface area (Å²) in [5, 5.41) is 0.299. The SMILES string of the molecule is FC(F)Cc1ncccc1Cl. The number of halogens is 3. The zero-order chi connectivity index (χ0) is 8.27. The number of rotatable bonds is 2. The number of aromatic nitrogens is 1. The van der Waals surface area contributed by atoms with Gasteiger partial charge < -0.3 is 0 Å². The normalized spacial score (nSPS) is 10.5. The maximum Gasteiger partial charge on any atom is 0.244 e. The van der Waals surface area contributed by atoms with Gasteiger partial charge in [-0.1, -0.05) is 11.6 Å². The van der Waals surface area contributed by atoms with Gasteiger partial charge in [-0.3, -0.25) is 4.98 Å². The minimum Gasteiger partial charge on any atom is -0.260 e. The molecule has 0 N–H and O–H groups in total. The van der Waals surface area contributed by atoms with Crippen LogP contribution in [-0.4, -0.2) is 11.4 Å². The van der Waals surface area contributed by atoms with Gasteiger partial charge in [-0.15, -0.1) is 0 Å². The summed E-state index contributed by atoms with van der Waals surface area (Å²) in [6.07, 6.45) is -1.31. The third-order valence-corrected chi connectivity index (χ3v) is 1.53. The Kier molecular flexibility index (Phi) is 2.76. The molecular formula is C7H6ClF2N. The molecule has 1 nitrogen and oxygen atoms in total. The number of pyridine rings is 1. The zero-order valence-electron chi connectivity index (χ0n) is 5.60. The van der Waals surface area contributed by atoms with Crippen LogP contribution in [0.25, 0.3) is 0 Å². The predicted molar refractivity (Wildman–Crippen MR) is 39.0 cm³/mol. The fourth-order valence-electron chi connectivity index (χ4n) is 0.715. The van der Waals surface area contributed by atoms with E-state index in [9.17, 15) is 8.78 Å². The molecule has 0 aromatic carbocycles. The lowest BCUT2D eigenvalue weighted by atomic mass is 10.3. The first-order valence-corrected chi connectivity index (χ1v) is 3.45. The van der Waals surface area contributed by atoms with Gasteiger partial charge >= 0.3 is 0 Å². The van der Waals surface area contributed by atoms with Gasteiger partial charge in [-0.2, -0.15) is 0 Å². The van der Waals surface area contributed by atoms with Crippen molar-refractivity contribution in [2.24, 2.45) is 0 Å². The Morgan fingerprint density at radius 3 is 2.82 bits per heavy atom.